The van der Waals surface area contributed by atoms with Crippen molar-refractivity contribution in [3.63, 3.8) is 0 Å². The predicted octanol–water partition coefficient (Wildman–Crippen LogP) is 1.89. The predicted molar refractivity (Wildman–Crippen MR) is 78.2 cm³/mol. The number of nitrogens with one attached hydrogen (secondary N) is 1. The maximum atomic E-state index is 13.0. The molecule has 1 unspecified atom stereocenters. The highest BCUT2D eigenvalue weighted by Crippen LogP contribution is 2.29. The zero-order chi connectivity index (χ0) is 14.0. The molecule has 0 aromatic carbocycles. The van der Waals surface area contributed by atoms with Crippen LogP contribution >= 0.6 is 0 Å². The third-order valence-corrected chi connectivity index (χ3v) is 4.58. The van der Waals surface area contributed by atoms with Crippen LogP contribution in [0.5, 0.6) is 0 Å². The second kappa shape index (κ2) is 5.52. The van der Waals surface area contributed by atoms with Crippen molar-refractivity contribution in [2.45, 2.75) is 51.1 Å². The normalized spacial score (nSPS) is 25.6. The van der Waals surface area contributed by atoms with Gasteiger partial charge in [0, 0.05) is 31.4 Å². The van der Waals surface area contributed by atoms with Crippen LogP contribution in [0.15, 0.2) is 18.3 Å². The lowest BCUT2D eigenvalue weighted by Gasteiger charge is -2.37. The molecule has 3 rings (SSSR count). The molecular formula is C16H23N3O. The van der Waals surface area contributed by atoms with Gasteiger partial charge in [0.25, 0.3) is 0 Å². The summed E-state index contributed by atoms with van der Waals surface area (Å²) in [4.78, 5) is 19.4. The molecule has 1 aromatic heterocycles. The molecule has 1 N–H and O–H groups in total. The van der Waals surface area contributed by atoms with E-state index in [1.165, 1.54) is 5.56 Å². The zero-order valence-corrected chi connectivity index (χ0v) is 12.2. The van der Waals surface area contributed by atoms with E-state index in [1.807, 2.05) is 17.2 Å². The summed E-state index contributed by atoms with van der Waals surface area (Å²) in [5.41, 5.74) is 2.06. The van der Waals surface area contributed by atoms with Gasteiger partial charge in [-0.2, -0.15) is 0 Å². The number of rotatable bonds is 3. The lowest BCUT2D eigenvalue weighted by molar-refractivity contribution is -0.139. The fraction of sp³-hybridized carbons (Fsp3) is 0.625. The Hall–Kier alpha value is -1.42. The Balaban J connectivity index is 1.78. The number of hydrogen-bond acceptors (Lipinski definition) is 3. The first-order valence-corrected chi connectivity index (χ1v) is 7.72. The molecule has 1 amide bonds. The van der Waals surface area contributed by atoms with Crippen LogP contribution in [0, 0.1) is 0 Å². The molecule has 0 saturated carbocycles. The van der Waals surface area contributed by atoms with Crippen LogP contribution in [0.1, 0.15) is 43.9 Å². The fourth-order valence-electron chi connectivity index (χ4n) is 3.58. The van der Waals surface area contributed by atoms with E-state index < -0.39 is 0 Å². The first-order chi connectivity index (χ1) is 9.75. The monoisotopic (exact) mass is 273 g/mol. The largest absolute Gasteiger partial charge is 0.336 e. The first-order valence-electron chi connectivity index (χ1n) is 7.72. The van der Waals surface area contributed by atoms with Gasteiger partial charge in [-0.1, -0.05) is 19.4 Å². The average molecular weight is 273 g/mol. The molecular weight excluding hydrogens is 250 g/mol. The van der Waals surface area contributed by atoms with Gasteiger partial charge in [0.1, 0.15) is 0 Å². The molecule has 20 heavy (non-hydrogen) atoms. The molecule has 4 nitrogen and oxygen atoms in total. The van der Waals surface area contributed by atoms with Crippen LogP contribution in [0.3, 0.4) is 0 Å². The number of carbonyl (C=O) groups excluding carboxylic acids is 1. The summed E-state index contributed by atoms with van der Waals surface area (Å²) < 4.78 is 0. The third-order valence-electron chi connectivity index (χ3n) is 4.58. The minimum Gasteiger partial charge on any atom is -0.336 e. The molecule has 1 saturated heterocycles. The van der Waals surface area contributed by atoms with Crippen LogP contribution in [0.25, 0.3) is 0 Å². The van der Waals surface area contributed by atoms with Gasteiger partial charge in [0.05, 0.1) is 5.54 Å². The average Bonchev–Trinajstić information content (AvgIpc) is 2.96. The second-order valence-corrected chi connectivity index (χ2v) is 5.95. The van der Waals surface area contributed by atoms with Gasteiger partial charge in [0.15, 0.2) is 0 Å². The lowest BCUT2D eigenvalue weighted by atomic mass is 9.89. The number of aromatic nitrogens is 1. The minimum absolute atomic E-state index is 0.297. The summed E-state index contributed by atoms with van der Waals surface area (Å²) >= 11 is 0. The third kappa shape index (κ3) is 2.33. The van der Waals surface area contributed by atoms with Crippen molar-refractivity contribution in [3.8, 4) is 0 Å². The van der Waals surface area contributed by atoms with Gasteiger partial charge >= 0.3 is 0 Å². The Labute approximate surface area is 120 Å². The highest BCUT2D eigenvalue weighted by Gasteiger charge is 2.43. The summed E-state index contributed by atoms with van der Waals surface area (Å²) in [6.45, 7) is 4.65. The SMILES string of the molecule is CCCC1(C(=O)N2CCc3ncccc3C2)CCCN1. The Morgan fingerprint density at radius 2 is 2.45 bits per heavy atom. The van der Waals surface area contributed by atoms with E-state index in [0.717, 1.165) is 57.4 Å². The number of fused-ring (bicyclic) bond motifs is 1. The Morgan fingerprint density at radius 1 is 1.55 bits per heavy atom. The molecule has 0 aliphatic carbocycles. The minimum atomic E-state index is -0.297. The molecule has 1 fully saturated rings. The van der Waals surface area contributed by atoms with Gasteiger partial charge in [0.2, 0.25) is 5.91 Å². The van der Waals surface area contributed by atoms with Gasteiger partial charge in [-0.05, 0) is 37.4 Å². The number of pyridine rings is 1. The molecule has 1 aromatic rings. The Bertz CT molecular complexity index is 494. The first kappa shape index (κ1) is 13.6. The quantitative estimate of drug-likeness (QED) is 0.914. The van der Waals surface area contributed by atoms with Crippen molar-refractivity contribution < 1.29 is 4.79 Å². The van der Waals surface area contributed by atoms with Crippen LogP contribution < -0.4 is 5.32 Å². The van der Waals surface area contributed by atoms with Crippen LogP contribution in [0.4, 0.5) is 0 Å². The van der Waals surface area contributed by atoms with Gasteiger partial charge in [-0.3, -0.25) is 9.78 Å². The van der Waals surface area contributed by atoms with E-state index in [2.05, 4.69) is 23.3 Å². The molecule has 0 bridgehead atoms. The smallest absolute Gasteiger partial charge is 0.243 e. The molecule has 1 atom stereocenters. The van der Waals surface area contributed by atoms with Crippen molar-refractivity contribution in [2.75, 3.05) is 13.1 Å². The molecule has 0 spiro atoms. The highest BCUT2D eigenvalue weighted by molar-refractivity contribution is 5.87. The molecule has 3 heterocycles. The van der Waals surface area contributed by atoms with Gasteiger partial charge in [-0.25, -0.2) is 0 Å². The van der Waals surface area contributed by atoms with Crippen LogP contribution in [-0.4, -0.2) is 34.4 Å². The summed E-state index contributed by atoms with van der Waals surface area (Å²) in [6, 6.07) is 4.05. The van der Waals surface area contributed by atoms with E-state index in [4.69, 9.17) is 0 Å². The second-order valence-electron chi connectivity index (χ2n) is 5.95. The number of nitrogens with zero attached hydrogens (tertiary/aromatic N) is 2. The fourth-order valence-corrected chi connectivity index (χ4v) is 3.58. The maximum Gasteiger partial charge on any atom is 0.243 e. The number of amides is 1. The van der Waals surface area contributed by atoms with E-state index in [-0.39, 0.29) is 5.54 Å². The summed E-state index contributed by atoms with van der Waals surface area (Å²) in [5, 5.41) is 3.49. The van der Waals surface area contributed by atoms with E-state index >= 15 is 0 Å². The molecule has 108 valence electrons. The van der Waals surface area contributed by atoms with Crippen molar-refractivity contribution in [1.82, 2.24) is 15.2 Å². The van der Waals surface area contributed by atoms with Gasteiger partial charge < -0.3 is 10.2 Å². The summed E-state index contributed by atoms with van der Waals surface area (Å²) in [5.74, 6) is 0.298. The maximum absolute atomic E-state index is 13.0. The van der Waals surface area contributed by atoms with Crippen molar-refractivity contribution >= 4 is 5.91 Å². The highest BCUT2D eigenvalue weighted by atomic mass is 16.2. The van der Waals surface area contributed by atoms with E-state index in [0.29, 0.717) is 5.91 Å². The van der Waals surface area contributed by atoms with Crippen molar-refractivity contribution in [1.29, 1.82) is 0 Å². The summed E-state index contributed by atoms with van der Waals surface area (Å²) in [6.07, 6.45) is 6.80. The molecule has 0 radical (unpaired) electrons. The van der Waals surface area contributed by atoms with Crippen molar-refractivity contribution in [2.24, 2.45) is 0 Å². The van der Waals surface area contributed by atoms with Crippen molar-refractivity contribution in [3.05, 3.63) is 29.6 Å². The zero-order valence-electron chi connectivity index (χ0n) is 12.2. The Morgan fingerprint density at radius 3 is 3.20 bits per heavy atom. The lowest BCUT2D eigenvalue weighted by Crippen LogP contribution is -2.55. The topological polar surface area (TPSA) is 45.2 Å². The van der Waals surface area contributed by atoms with Gasteiger partial charge in [-0.15, -0.1) is 0 Å². The van der Waals surface area contributed by atoms with Crippen LogP contribution in [0.2, 0.25) is 0 Å². The van der Waals surface area contributed by atoms with E-state index in [1.54, 1.807) is 0 Å². The Kier molecular flexibility index (Phi) is 3.74. The molecule has 2 aliphatic heterocycles. The molecule has 4 heteroatoms. The number of carbonyl (C=O) groups is 1. The van der Waals surface area contributed by atoms with E-state index in [9.17, 15) is 4.79 Å². The summed E-state index contributed by atoms with van der Waals surface area (Å²) in [7, 11) is 0. The number of hydrogen-bond donors (Lipinski definition) is 1. The standard InChI is InChI=1S/C16H23N3O/c1-2-7-16(8-4-10-18-16)15(20)19-11-6-14-13(12-19)5-3-9-17-14/h3,5,9,18H,2,4,6-8,10-12H2,1H3. The molecule has 2 aliphatic rings. The van der Waals surface area contributed by atoms with Crippen LogP contribution in [-0.2, 0) is 17.8 Å².